The first-order valence-electron chi connectivity index (χ1n) is 5.09. The molecule has 1 unspecified atom stereocenters. The number of carbonyl (C=O) groups is 1. The van der Waals surface area contributed by atoms with Gasteiger partial charge in [0.25, 0.3) is 0 Å². The Kier molecular flexibility index (Phi) is 4.16. The lowest BCUT2D eigenvalue weighted by molar-refractivity contribution is -0.141. The molecular weight excluding hydrogens is 190 g/mol. The van der Waals surface area contributed by atoms with Crippen molar-refractivity contribution in [1.82, 2.24) is 0 Å². The number of esters is 1. The van der Waals surface area contributed by atoms with Crippen LogP contribution in [0.2, 0.25) is 0 Å². The lowest BCUT2D eigenvalue weighted by Crippen LogP contribution is -2.08. The maximum atomic E-state index is 11.2. The smallest absolute Gasteiger partial charge is 0.306 e. The maximum absolute atomic E-state index is 11.2. The van der Waals surface area contributed by atoms with Gasteiger partial charge in [-0.15, -0.1) is 0 Å². The molecule has 0 aliphatic heterocycles. The van der Waals surface area contributed by atoms with Crippen LogP contribution >= 0.6 is 0 Å². The Labute approximate surface area is 90.2 Å². The zero-order valence-electron chi connectivity index (χ0n) is 9.19. The minimum Gasteiger partial charge on any atom is -0.469 e. The van der Waals surface area contributed by atoms with E-state index in [2.05, 4.69) is 11.7 Å². The van der Waals surface area contributed by atoms with Crippen LogP contribution in [0.25, 0.3) is 0 Å². The van der Waals surface area contributed by atoms with Crippen LogP contribution in [0, 0.1) is 0 Å². The SMILES string of the molecule is CCC(CC(=O)OC)c1cccc(N)c1. The van der Waals surface area contributed by atoms with Crippen LogP contribution in [-0.4, -0.2) is 13.1 Å². The molecule has 3 nitrogen and oxygen atoms in total. The summed E-state index contributed by atoms with van der Waals surface area (Å²) in [4.78, 5) is 11.2. The zero-order valence-corrected chi connectivity index (χ0v) is 9.19. The molecule has 3 heteroatoms. The Hall–Kier alpha value is -1.51. The van der Waals surface area contributed by atoms with Crippen LogP contribution in [0.5, 0.6) is 0 Å². The highest BCUT2D eigenvalue weighted by Gasteiger charge is 2.14. The molecule has 1 atom stereocenters. The van der Waals surface area contributed by atoms with Gasteiger partial charge in [-0.2, -0.15) is 0 Å². The largest absolute Gasteiger partial charge is 0.469 e. The maximum Gasteiger partial charge on any atom is 0.306 e. The number of hydrogen-bond acceptors (Lipinski definition) is 3. The van der Waals surface area contributed by atoms with E-state index in [1.54, 1.807) is 0 Å². The average molecular weight is 207 g/mol. The summed E-state index contributed by atoms with van der Waals surface area (Å²) in [7, 11) is 1.41. The molecule has 1 rings (SSSR count). The minimum absolute atomic E-state index is 0.177. The van der Waals surface area contributed by atoms with E-state index in [1.807, 2.05) is 24.3 Å². The fraction of sp³-hybridized carbons (Fsp3) is 0.417. The summed E-state index contributed by atoms with van der Waals surface area (Å²) in [6.07, 6.45) is 1.31. The van der Waals surface area contributed by atoms with Gasteiger partial charge < -0.3 is 10.5 Å². The van der Waals surface area contributed by atoms with Crippen LogP contribution < -0.4 is 5.73 Å². The quantitative estimate of drug-likeness (QED) is 0.609. The monoisotopic (exact) mass is 207 g/mol. The van der Waals surface area contributed by atoms with Crippen LogP contribution in [-0.2, 0) is 9.53 Å². The Morgan fingerprint density at radius 3 is 2.80 bits per heavy atom. The normalized spacial score (nSPS) is 12.1. The first-order valence-corrected chi connectivity index (χ1v) is 5.09. The molecule has 82 valence electrons. The zero-order chi connectivity index (χ0) is 11.3. The van der Waals surface area contributed by atoms with E-state index >= 15 is 0 Å². The highest BCUT2D eigenvalue weighted by atomic mass is 16.5. The van der Waals surface area contributed by atoms with Gasteiger partial charge in [0.05, 0.1) is 13.5 Å². The highest BCUT2D eigenvalue weighted by Crippen LogP contribution is 2.24. The Balaban J connectivity index is 2.78. The van der Waals surface area contributed by atoms with Crippen molar-refractivity contribution in [3.63, 3.8) is 0 Å². The van der Waals surface area contributed by atoms with E-state index in [4.69, 9.17) is 5.73 Å². The van der Waals surface area contributed by atoms with Gasteiger partial charge in [-0.25, -0.2) is 0 Å². The molecule has 0 radical (unpaired) electrons. The number of rotatable bonds is 4. The van der Waals surface area contributed by atoms with Gasteiger partial charge in [-0.1, -0.05) is 19.1 Å². The van der Waals surface area contributed by atoms with E-state index in [0.717, 1.165) is 17.7 Å². The van der Waals surface area contributed by atoms with Crippen LogP contribution in [0.3, 0.4) is 0 Å². The summed E-state index contributed by atoms with van der Waals surface area (Å²) < 4.78 is 4.66. The second-order valence-corrected chi connectivity index (χ2v) is 3.56. The van der Waals surface area contributed by atoms with Gasteiger partial charge in [-0.05, 0) is 30.0 Å². The van der Waals surface area contributed by atoms with Gasteiger partial charge in [0, 0.05) is 5.69 Å². The second kappa shape index (κ2) is 5.39. The topological polar surface area (TPSA) is 52.3 Å². The summed E-state index contributed by atoms with van der Waals surface area (Å²) in [5.41, 5.74) is 7.53. The van der Waals surface area contributed by atoms with Crippen molar-refractivity contribution in [3.8, 4) is 0 Å². The lowest BCUT2D eigenvalue weighted by Gasteiger charge is -2.14. The van der Waals surface area contributed by atoms with E-state index in [1.165, 1.54) is 7.11 Å². The molecule has 0 heterocycles. The summed E-state index contributed by atoms with van der Waals surface area (Å²) in [6.45, 7) is 2.05. The molecule has 15 heavy (non-hydrogen) atoms. The van der Waals surface area contributed by atoms with Gasteiger partial charge >= 0.3 is 5.97 Å². The number of nitrogens with two attached hydrogens (primary N) is 1. The minimum atomic E-state index is -0.177. The number of nitrogen functional groups attached to an aromatic ring is 1. The van der Waals surface area contributed by atoms with Crippen molar-refractivity contribution in [2.24, 2.45) is 0 Å². The van der Waals surface area contributed by atoms with Crippen LogP contribution in [0.1, 0.15) is 31.2 Å². The van der Waals surface area contributed by atoms with Gasteiger partial charge in [0.1, 0.15) is 0 Å². The summed E-state index contributed by atoms with van der Waals surface area (Å²) in [5.74, 6) is 0.0187. The number of methoxy groups -OCH3 is 1. The Morgan fingerprint density at radius 1 is 1.53 bits per heavy atom. The first-order chi connectivity index (χ1) is 7.17. The third kappa shape index (κ3) is 3.27. The molecular formula is C12H17NO2. The van der Waals surface area contributed by atoms with Gasteiger partial charge in [0.15, 0.2) is 0 Å². The molecule has 0 saturated carbocycles. The summed E-state index contributed by atoms with van der Waals surface area (Å²) in [5, 5.41) is 0. The number of carbonyl (C=O) groups excluding carboxylic acids is 1. The summed E-state index contributed by atoms with van der Waals surface area (Å²) >= 11 is 0. The predicted octanol–water partition coefficient (Wildman–Crippen LogP) is 2.33. The van der Waals surface area contributed by atoms with Crippen LogP contribution in [0.15, 0.2) is 24.3 Å². The molecule has 1 aromatic rings. The first kappa shape index (κ1) is 11.6. The Bertz CT molecular complexity index is 336. The van der Waals surface area contributed by atoms with E-state index in [9.17, 15) is 4.79 Å². The lowest BCUT2D eigenvalue weighted by atomic mass is 9.93. The van der Waals surface area contributed by atoms with E-state index < -0.39 is 0 Å². The molecule has 0 fully saturated rings. The molecule has 2 N–H and O–H groups in total. The van der Waals surface area contributed by atoms with Crippen LogP contribution in [0.4, 0.5) is 5.69 Å². The van der Waals surface area contributed by atoms with Crippen molar-refractivity contribution in [1.29, 1.82) is 0 Å². The molecule has 0 aliphatic carbocycles. The molecule has 0 amide bonds. The van der Waals surface area contributed by atoms with Crippen molar-refractivity contribution in [2.75, 3.05) is 12.8 Å². The highest BCUT2D eigenvalue weighted by molar-refractivity contribution is 5.70. The molecule has 0 spiro atoms. The molecule has 0 saturated heterocycles. The van der Waals surface area contributed by atoms with E-state index in [-0.39, 0.29) is 11.9 Å². The summed E-state index contributed by atoms with van der Waals surface area (Å²) in [6, 6.07) is 7.66. The van der Waals surface area contributed by atoms with E-state index in [0.29, 0.717) is 6.42 Å². The average Bonchev–Trinajstić information content (AvgIpc) is 2.25. The van der Waals surface area contributed by atoms with Crippen molar-refractivity contribution in [2.45, 2.75) is 25.7 Å². The standard InChI is InChI=1S/C12H17NO2/c1-3-9(8-12(14)15-2)10-5-4-6-11(13)7-10/h4-7,9H,3,8,13H2,1-2H3. The third-order valence-corrected chi connectivity index (χ3v) is 2.52. The van der Waals surface area contributed by atoms with Crippen molar-refractivity contribution >= 4 is 11.7 Å². The molecule has 1 aromatic carbocycles. The van der Waals surface area contributed by atoms with Crippen molar-refractivity contribution < 1.29 is 9.53 Å². The number of anilines is 1. The number of hydrogen-bond donors (Lipinski definition) is 1. The third-order valence-electron chi connectivity index (χ3n) is 2.52. The molecule has 0 aromatic heterocycles. The fourth-order valence-corrected chi connectivity index (χ4v) is 1.60. The molecule has 0 aliphatic rings. The predicted molar refractivity (Wildman–Crippen MR) is 60.5 cm³/mol. The van der Waals surface area contributed by atoms with Gasteiger partial charge in [0.2, 0.25) is 0 Å². The second-order valence-electron chi connectivity index (χ2n) is 3.56. The number of benzene rings is 1. The van der Waals surface area contributed by atoms with Gasteiger partial charge in [-0.3, -0.25) is 4.79 Å². The Morgan fingerprint density at radius 2 is 2.27 bits per heavy atom. The van der Waals surface area contributed by atoms with Crippen molar-refractivity contribution in [3.05, 3.63) is 29.8 Å². The fourth-order valence-electron chi connectivity index (χ4n) is 1.60. The molecule has 0 bridgehead atoms. The number of ether oxygens (including phenoxy) is 1.